The second kappa shape index (κ2) is 8.70. The summed E-state index contributed by atoms with van der Waals surface area (Å²) in [4.78, 5) is 36.2. The number of carbonyl (C=O) groups excluding carboxylic acids is 2. The number of amides is 2. The minimum absolute atomic E-state index is 0.0322. The van der Waals surface area contributed by atoms with Crippen molar-refractivity contribution in [3.63, 3.8) is 0 Å². The molecular weight excluding hydrogens is 392 g/mol. The molecule has 6 nitrogen and oxygen atoms in total. The van der Waals surface area contributed by atoms with Crippen molar-refractivity contribution in [2.24, 2.45) is 0 Å². The summed E-state index contributed by atoms with van der Waals surface area (Å²) >= 11 is 3.08. The summed E-state index contributed by atoms with van der Waals surface area (Å²) in [5, 5.41) is 7.30. The van der Waals surface area contributed by atoms with Crippen LogP contribution in [0.3, 0.4) is 0 Å². The molecule has 0 saturated heterocycles. The Hall–Kier alpha value is -2.45. The monoisotopic (exact) mass is 414 g/mol. The fraction of sp³-hybridized carbons (Fsp3) is 0.300. The van der Waals surface area contributed by atoms with E-state index >= 15 is 0 Å². The molecule has 0 spiro atoms. The van der Waals surface area contributed by atoms with Crippen LogP contribution in [0.15, 0.2) is 40.5 Å². The first-order valence-electron chi connectivity index (χ1n) is 8.92. The lowest BCUT2D eigenvalue weighted by Crippen LogP contribution is -2.39. The summed E-state index contributed by atoms with van der Waals surface area (Å²) in [7, 11) is 0. The van der Waals surface area contributed by atoms with Crippen molar-refractivity contribution in [2.75, 3.05) is 6.54 Å². The Labute approximate surface area is 172 Å². The SMILES string of the molecule is Cc1sc2ncnc(Sc3ccccc3C(=O)NCC(=O)NC(C)C)c2c1C. The molecule has 2 aromatic heterocycles. The Morgan fingerprint density at radius 1 is 1.18 bits per heavy atom. The van der Waals surface area contributed by atoms with Gasteiger partial charge in [0.05, 0.1) is 12.1 Å². The van der Waals surface area contributed by atoms with Gasteiger partial charge in [-0.05, 0) is 45.4 Å². The minimum atomic E-state index is -0.287. The summed E-state index contributed by atoms with van der Waals surface area (Å²) < 4.78 is 0. The van der Waals surface area contributed by atoms with Crippen LogP contribution < -0.4 is 10.6 Å². The van der Waals surface area contributed by atoms with Crippen molar-refractivity contribution in [3.05, 3.63) is 46.6 Å². The van der Waals surface area contributed by atoms with Gasteiger partial charge in [-0.1, -0.05) is 23.9 Å². The molecule has 0 aliphatic rings. The van der Waals surface area contributed by atoms with E-state index in [4.69, 9.17) is 0 Å². The molecule has 2 N–H and O–H groups in total. The predicted molar refractivity (Wildman–Crippen MR) is 113 cm³/mol. The number of fused-ring (bicyclic) bond motifs is 1. The molecule has 0 atom stereocenters. The number of benzene rings is 1. The number of rotatable bonds is 6. The van der Waals surface area contributed by atoms with Gasteiger partial charge in [0.15, 0.2) is 0 Å². The molecule has 0 unspecified atom stereocenters. The van der Waals surface area contributed by atoms with Crippen molar-refractivity contribution in [1.82, 2.24) is 20.6 Å². The number of carbonyl (C=O) groups is 2. The number of aryl methyl sites for hydroxylation is 2. The van der Waals surface area contributed by atoms with Crippen LogP contribution in [-0.4, -0.2) is 34.4 Å². The van der Waals surface area contributed by atoms with E-state index in [2.05, 4.69) is 34.4 Å². The first-order valence-corrected chi connectivity index (χ1v) is 10.5. The van der Waals surface area contributed by atoms with Gasteiger partial charge in [0.1, 0.15) is 16.2 Å². The third kappa shape index (κ3) is 4.51. The average molecular weight is 415 g/mol. The Kier molecular flexibility index (Phi) is 6.31. The van der Waals surface area contributed by atoms with Crippen molar-refractivity contribution in [3.8, 4) is 0 Å². The van der Waals surface area contributed by atoms with Gasteiger partial charge >= 0.3 is 0 Å². The smallest absolute Gasteiger partial charge is 0.252 e. The van der Waals surface area contributed by atoms with Gasteiger partial charge in [-0.3, -0.25) is 9.59 Å². The van der Waals surface area contributed by atoms with Crippen molar-refractivity contribution in [1.29, 1.82) is 0 Å². The zero-order valence-electron chi connectivity index (χ0n) is 16.2. The fourth-order valence-corrected chi connectivity index (χ4v) is 4.84. The summed E-state index contributed by atoms with van der Waals surface area (Å²) in [5.74, 6) is -0.499. The number of hydrogen-bond acceptors (Lipinski definition) is 6. The first kappa shape index (κ1) is 20.3. The minimum Gasteiger partial charge on any atom is -0.352 e. The van der Waals surface area contributed by atoms with E-state index in [9.17, 15) is 9.59 Å². The molecule has 3 rings (SSSR count). The highest BCUT2D eigenvalue weighted by molar-refractivity contribution is 7.99. The molecule has 2 heterocycles. The van der Waals surface area contributed by atoms with Gasteiger partial charge in [-0.25, -0.2) is 9.97 Å². The standard InChI is InChI=1S/C20H22N4O2S2/c1-11(2)24-16(25)9-21-18(26)14-7-5-6-8-15(14)28-20-17-12(3)13(4)27-19(17)22-10-23-20/h5-8,10-11H,9H2,1-4H3,(H,21,26)(H,24,25). The van der Waals surface area contributed by atoms with Gasteiger partial charge in [-0.15, -0.1) is 11.3 Å². The zero-order chi connectivity index (χ0) is 20.3. The first-order chi connectivity index (χ1) is 13.4. The third-order valence-electron chi connectivity index (χ3n) is 4.13. The van der Waals surface area contributed by atoms with Gasteiger partial charge in [0, 0.05) is 21.2 Å². The second-order valence-electron chi connectivity index (χ2n) is 6.65. The number of nitrogens with zero attached hydrogens (tertiary/aromatic N) is 2. The molecule has 0 radical (unpaired) electrons. The Bertz CT molecular complexity index is 1030. The molecule has 2 amide bonds. The molecule has 146 valence electrons. The van der Waals surface area contributed by atoms with Crippen LogP contribution in [0.2, 0.25) is 0 Å². The highest BCUT2D eigenvalue weighted by Crippen LogP contribution is 2.38. The number of nitrogens with one attached hydrogen (secondary N) is 2. The summed E-state index contributed by atoms with van der Waals surface area (Å²) in [6, 6.07) is 7.36. The molecule has 28 heavy (non-hydrogen) atoms. The molecule has 1 aromatic carbocycles. The largest absolute Gasteiger partial charge is 0.352 e. The highest BCUT2D eigenvalue weighted by atomic mass is 32.2. The Morgan fingerprint density at radius 2 is 1.93 bits per heavy atom. The lowest BCUT2D eigenvalue weighted by atomic mass is 10.2. The summed E-state index contributed by atoms with van der Waals surface area (Å²) in [6.45, 7) is 7.83. The molecule has 0 aliphatic heterocycles. The van der Waals surface area contributed by atoms with E-state index in [1.807, 2.05) is 32.0 Å². The Morgan fingerprint density at radius 3 is 2.68 bits per heavy atom. The second-order valence-corrected chi connectivity index (χ2v) is 8.88. The molecule has 0 bridgehead atoms. The van der Waals surface area contributed by atoms with E-state index in [-0.39, 0.29) is 24.4 Å². The van der Waals surface area contributed by atoms with Gasteiger partial charge in [-0.2, -0.15) is 0 Å². The summed E-state index contributed by atoms with van der Waals surface area (Å²) in [5.41, 5.74) is 1.68. The van der Waals surface area contributed by atoms with Crippen LogP contribution in [0, 0.1) is 13.8 Å². The number of aromatic nitrogens is 2. The molecule has 0 aliphatic carbocycles. The average Bonchev–Trinajstić information content (AvgIpc) is 2.94. The van der Waals surface area contributed by atoms with E-state index < -0.39 is 0 Å². The molecule has 8 heteroatoms. The maximum Gasteiger partial charge on any atom is 0.252 e. The van der Waals surface area contributed by atoms with E-state index in [0.717, 1.165) is 25.7 Å². The van der Waals surface area contributed by atoms with Crippen LogP contribution in [0.1, 0.15) is 34.6 Å². The van der Waals surface area contributed by atoms with E-state index in [0.29, 0.717) is 5.56 Å². The van der Waals surface area contributed by atoms with Crippen LogP contribution in [0.4, 0.5) is 0 Å². The van der Waals surface area contributed by atoms with Gasteiger partial charge in [0.2, 0.25) is 5.91 Å². The van der Waals surface area contributed by atoms with Crippen molar-refractivity contribution >= 4 is 45.1 Å². The normalized spacial score (nSPS) is 11.0. The predicted octanol–water partition coefficient (Wildman–Crippen LogP) is 3.71. The lowest BCUT2D eigenvalue weighted by molar-refractivity contribution is -0.120. The highest BCUT2D eigenvalue weighted by Gasteiger charge is 2.17. The molecular formula is C20H22N4O2S2. The quantitative estimate of drug-likeness (QED) is 0.601. The van der Waals surface area contributed by atoms with Gasteiger partial charge in [0.25, 0.3) is 5.91 Å². The maximum absolute atomic E-state index is 12.6. The van der Waals surface area contributed by atoms with Crippen molar-refractivity contribution in [2.45, 2.75) is 43.7 Å². The van der Waals surface area contributed by atoms with Crippen LogP contribution >= 0.6 is 23.1 Å². The maximum atomic E-state index is 12.6. The number of hydrogen-bond donors (Lipinski definition) is 2. The third-order valence-corrected chi connectivity index (χ3v) is 6.32. The Balaban J connectivity index is 1.83. The van der Waals surface area contributed by atoms with E-state index in [1.54, 1.807) is 23.7 Å². The number of thiophene rings is 1. The zero-order valence-corrected chi connectivity index (χ0v) is 17.8. The van der Waals surface area contributed by atoms with Gasteiger partial charge < -0.3 is 10.6 Å². The van der Waals surface area contributed by atoms with Crippen LogP contribution in [0.25, 0.3) is 10.2 Å². The lowest BCUT2D eigenvalue weighted by Gasteiger charge is -2.11. The molecule has 0 fully saturated rings. The summed E-state index contributed by atoms with van der Waals surface area (Å²) in [6.07, 6.45) is 1.55. The molecule has 0 saturated carbocycles. The van der Waals surface area contributed by atoms with Crippen LogP contribution in [0.5, 0.6) is 0 Å². The fourth-order valence-electron chi connectivity index (χ4n) is 2.70. The topological polar surface area (TPSA) is 84.0 Å². The molecule has 3 aromatic rings. The van der Waals surface area contributed by atoms with Crippen LogP contribution in [-0.2, 0) is 4.79 Å². The van der Waals surface area contributed by atoms with E-state index in [1.165, 1.54) is 16.6 Å². The van der Waals surface area contributed by atoms with Crippen molar-refractivity contribution < 1.29 is 9.59 Å².